The topological polar surface area (TPSA) is 94.1 Å². The summed E-state index contributed by atoms with van der Waals surface area (Å²) in [5.41, 5.74) is 9.60. The molecule has 0 aliphatic heterocycles. The molecule has 0 amide bonds. The summed E-state index contributed by atoms with van der Waals surface area (Å²) in [6.45, 7) is 5.72. The Kier molecular flexibility index (Phi) is 6.53. The van der Waals surface area contributed by atoms with Gasteiger partial charge in [-0.15, -0.1) is 0 Å². The van der Waals surface area contributed by atoms with Gasteiger partial charge >= 0.3 is 0 Å². The number of aromatic nitrogens is 4. The summed E-state index contributed by atoms with van der Waals surface area (Å²) < 4.78 is 7.51. The zero-order valence-electron chi connectivity index (χ0n) is 17.9. The number of methoxy groups -OCH3 is 1. The average molecular weight is 398 g/mol. The van der Waals surface area contributed by atoms with Crippen LogP contribution in [0.2, 0.25) is 0 Å². The Morgan fingerprint density at radius 3 is 2.76 bits per heavy atom. The van der Waals surface area contributed by atoms with Gasteiger partial charge in [-0.2, -0.15) is 10.1 Å². The van der Waals surface area contributed by atoms with Crippen molar-refractivity contribution >= 4 is 22.8 Å². The van der Waals surface area contributed by atoms with Crippen LogP contribution in [0.15, 0.2) is 24.4 Å². The summed E-state index contributed by atoms with van der Waals surface area (Å²) in [4.78, 5) is 10.8. The number of anilines is 2. The lowest BCUT2D eigenvalue weighted by Crippen LogP contribution is -2.17. The number of unbranched alkanes of at least 4 members (excludes halogenated alkanes) is 1. The van der Waals surface area contributed by atoms with E-state index in [0.29, 0.717) is 18.4 Å². The fourth-order valence-electron chi connectivity index (χ4n) is 3.19. The Labute approximate surface area is 172 Å². The third kappa shape index (κ3) is 4.76. The fourth-order valence-corrected chi connectivity index (χ4v) is 3.19. The van der Waals surface area contributed by atoms with Crippen LogP contribution in [0.3, 0.4) is 0 Å². The number of hydrogen-bond acceptors (Lipinski definition) is 7. The fraction of sp³-hybridized carbons (Fsp3) is 0.476. The predicted octanol–water partition coefficient (Wildman–Crippen LogP) is 3.30. The van der Waals surface area contributed by atoms with Gasteiger partial charge in [0.1, 0.15) is 11.3 Å². The molecule has 3 rings (SSSR count). The molecular formula is C21H31N7O. The highest BCUT2D eigenvalue weighted by Gasteiger charge is 2.14. The van der Waals surface area contributed by atoms with Gasteiger partial charge in [0.15, 0.2) is 11.3 Å². The van der Waals surface area contributed by atoms with Crippen molar-refractivity contribution in [3.8, 4) is 5.75 Å². The van der Waals surface area contributed by atoms with Crippen LogP contribution in [-0.4, -0.2) is 52.4 Å². The van der Waals surface area contributed by atoms with Gasteiger partial charge in [-0.3, -0.25) is 4.68 Å². The van der Waals surface area contributed by atoms with Crippen LogP contribution in [0, 0.1) is 0 Å². The summed E-state index contributed by atoms with van der Waals surface area (Å²) in [6.07, 6.45) is 4.06. The van der Waals surface area contributed by atoms with E-state index in [1.807, 2.05) is 10.9 Å². The Hall–Kier alpha value is -2.87. The maximum Gasteiger partial charge on any atom is 0.222 e. The number of fused-ring (bicyclic) bond motifs is 1. The number of nitrogens with two attached hydrogens (primary N) is 1. The highest BCUT2D eigenvalue weighted by atomic mass is 16.5. The second kappa shape index (κ2) is 9.09. The van der Waals surface area contributed by atoms with Gasteiger partial charge in [-0.1, -0.05) is 25.5 Å². The monoisotopic (exact) mass is 397 g/mol. The maximum atomic E-state index is 5.88. The number of nitrogens with zero attached hydrogens (tertiary/aromatic N) is 5. The molecule has 8 nitrogen and oxygen atoms in total. The summed E-state index contributed by atoms with van der Waals surface area (Å²) in [7, 11) is 5.84. The van der Waals surface area contributed by atoms with Gasteiger partial charge in [0.2, 0.25) is 5.95 Å². The Bertz CT molecular complexity index is 967. The van der Waals surface area contributed by atoms with E-state index in [1.54, 1.807) is 7.11 Å². The molecule has 0 aliphatic rings. The number of benzene rings is 1. The van der Waals surface area contributed by atoms with Crippen LogP contribution >= 0.6 is 0 Å². The van der Waals surface area contributed by atoms with E-state index >= 15 is 0 Å². The smallest absolute Gasteiger partial charge is 0.222 e. The minimum absolute atomic E-state index is 0.246. The second-order valence-corrected chi connectivity index (χ2v) is 7.48. The molecule has 156 valence electrons. The van der Waals surface area contributed by atoms with Crippen molar-refractivity contribution < 1.29 is 4.74 Å². The molecule has 3 aromatic rings. The number of nitrogens with one attached hydrogen (secondary N) is 1. The lowest BCUT2D eigenvalue weighted by molar-refractivity contribution is 0.319. The van der Waals surface area contributed by atoms with E-state index < -0.39 is 0 Å². The first-order valence-corrected chi connectivity index (χ1v) is 10.0. The van der Waals surface area contributed by atoms with Crippen molar-refractivity contribution in [2.24, 2.45) is 0 Å². The number of nitrogen functional groups attached to an aromatic ring is 1. The minimum atomic E-state index is 0.246. The van der Waals surface area contributed by atoms with Gasteiger partial charge in [0.05, 0.1) is 19.9 Å². The van der Waals surface area contributed by atoms with E-state index in [9.17, 15) is 0 Å². The first-order chi connectivity index (χ1) is 13.9. The zero-order valence-corrected chi connectivity index (χ0v) is 17.9. The molecule has 0 bridgehead atoms. The largest absolute Gasteiger partial charge is 0.496 e. The van der Waals surface area contributed by atoms with E-state index in [2.05, 4.69) is 66.3 Å². The number of ether oxygens (including phenoxy) is 1. The van der Waals surface area contributed by atoms with Crippen LogP contribution in [0.25, 0.3) is 11.0 Å². The van der Waals surface area contributed by atoms with Crippen LogP contribution < -0.4 is 15.8 Å². The summed E-state index contributed by atoms with van der Waals surface area (Å²) in [5, 5.41) is 8.02. The summed E-state index contributed by atoms with van der Waals surface area (Å²) in [5.74, 6) is 1.78. The zero-order chi connectivity index (χ0) is 21.0. The van der Waals surface area contributed by atoms with Gasteiger partial charge < -0.3 is 20.7 Å². The van der Waals surface area contributed by atoms with E-state index in [1.165, 1.54) is 5.56 Å². The molecule has 3 N–H and O–H groups in total. The molecule has 8 heteroatoms. The van der Waals surface area contributed by atoms with Crippen LogP contribution in [0.4, 0.5) is 11.8 Å². The average Bonchev–Trinajstić information content (AvgIpc) is 3.10. The van der Waals surface area contributed by atoms with Crippen molar-refractivity contribution in [2.75, 3.05) is 38.8 Å². The van der Waals surface area contributed by atoms with Crippen molar-refractivity contribution in [2.45, 2.75) is 39.3 Å². The summed E-state index contributed by atoms with van der Waals surface area (Å²) in [6, 6.07) is 6.64. The molecular weight excluding hydrogens is 366 g/mol. The normalized spacial score (nSPS) is 12.5. The van der Waals surface area contributed by atoms with E-state index in [-0.39, 0.29) is 5.95 Å². The van der Waals surface area contributed by atoms with Gasteiger partial charge in [-0.05, 0) is 39.1 Å². The number of rotatable bonds is 9. The molecule has 1 aromatic carbocycles. The van der Waals surface area contributed by atoms with Gasteiger partial charge in [0, 0.05) is 18.2 Å². The third-order valence-electron chi connectivity index (χ3n) is 5.15. The molecule has 0 spiro atoms. The molecule has 1 atom stereocenters. The molecule has 0 radical (unpaired) electrons. The number of hydrogen-bond donors (Lipinski definition) is 2. The lowest BCUT2D eigenvalue weighted by Gasteiger charge is -2.21. The molecule has 0 aliphatic carbocycles. The SMILES string of the molecule is CCCCNc1nc(N)nc2cn(Cc3ccc(C(C)N(C)C)cc3OC)nc12. The Morgan fingerprint density at radius 2 is 2.07 bits per heavy atom. The third-order valence-corrected chi connectivity index (χ3v) is 5.15. The Morgan fingerprint density at radius 1 is 1.28 bits per heavy atom. The van der Waals surface area contributed by atoms with Crippen molar-refractivity contribution in [3.05, 3.63) is 35.5 Å². The van der Waals surface area contributed by atoms with Crippen molar-refractivity contribution in [1.29, 1.82) is 0 Å². The highest BCUT2D eigenvalue weighted by Crippen LogP contribution is 2.27. The first-order valence-electron chi connectivity index (χ1n) is 10.0. The minimum Gasteiger partial charge on any atom is -0.496 e. The van der Waals surface area contributed by atoms with Crippen LogP contribution in [-0.2, 0) is 6.54 Å². The van der Waals surface area contributed by atoms with Crippen molar-refractivity contribution in [1.82, 2.24) is 24.6 Å². The van der Waals surface area contributed by atoms with Gasteiger partial charge in [0.25, 0.3) is 0 Å². The second-order valence-electron chi connectivity index (χ2n) is 7.48. The molecule has 0 saturated heterocycles. The van der Waals surface area contributed by atoms with E-state index in [4.69, 9.17) is 15.6 Å². The molecule has 29 heavy (non-hydrogen) atoms. The van der Waals surface area contributed by atoms with Crippen molar-refractivity contribution in [3.63, 3.8) is 0 Å². The predicted molar refractivity (Wildman–Crippen MR) is 117 cm³/mol. The van der Waals surface area contributed by atoms with Gasteiger partial charge in [-0.25, -0.2) is 4.98 Å². The standard InChI is InChI=1S/C21H31N7O/c1-6-7-10-23-20-19-17(24-21(22)25-20)13-28(26-19)12-16-9-8-15(11-18(16)29-5)14(2)27(3)4/h8-9,11,13-14H,6-7,10,12H2,1-5H3,(H3,22,23,24,25). The van der Waals surface area contributed by atoms with Crippen LogP contribution in [0.1, 0.15) is 43.9 Å². The molecule has 1 unspecified atom stereocenters. The molecule has 2 heterocycles. The van der Waals surface area contributed by atoms with E-state index in [0.717, 1.165) is 41.7 Å². The quantitative estimate of drug-likeness (QED) is 0.535. The first kappa shape index (κ1) is 20.9. The lowest BCUT2D eigenvalue weighted by atomic mass is 10.0. The highest BCUT2D eigenvalue weighted by molar-refractivity contribution is 5.85. The molecule has 2 aromatic heterocycles. The molecule has 0 fully saturated rings. The van der Waals surface area contributed by atoms with Crippen LogP contribution in [0.5, 0.6) is 5.75 Å². The molecule has 0 saturated carbocycles. The Balaban J connectivity index is 1.89. The maximum absolute atomic E-state index is 5.88. The summed E-state index contributed by atoms with van der Waals surface area (Å²) >= 11 is 0.